The van der Waals surface area contributed by atoms with E-state index in [1.807, 2.05) is 0 Å². The summed E-state index contributed by atoms with van der Waals surface area (Å²) in [5.74, 6) is 0. The Hall–Kier alpha value is -0.440. The molecule has 0 aliphatic heterocycles. The Morgan fingerprint density at radius 1 is 0.778 bits per heavy atom. The van der Waals surface area contributed by atoms with Gasteiger partial charge in [0, 0.05) is 20.1 Å². The molecule has 94 valence electrons. The van der Waals surface area contributed by atoms with Crippen LogP contribution in [0.5, 0.6) is 0 Å². The van der Waals surface area contributed by atoms with Crippen molar-refractivity contribution >= 4 is 46.4 Å². The van der Waals surface area contributed by atoms with Gasteiger partial charge in [-0.3, -0.25) is 0 Å². The Labute approximate surface area is 125 Å². The molecule has 0 saturated carbocycles. The maximum Gasteiger partial charge on any atom is 0.0568 e. The van der Waals surface area contributed by atoms with Gasteiger partial charge < -0.3 is 5.73 Å². The van der Waals surface area contributed by atoms with Gasteiger partial charge in [0.15, 0.2) is 0 Å². The molecule has 2 aromatic rings. The highest BCUT2D eigenvalue weighted by molar-refractivity contribution is 6.35. The minimum Gasteiger partial charge on any atom is -0.320 e. The van der Waals surface area contributed by atoms with Crippen molar-refractivity contribution in [1.29, 1.82) is 0 Å². The Morgan fingerprint density at radius 2 is 1.39 bits per heavy atom. The van der Waals surface area contributed by atoms with Crippen molar-refractivity contribution in [2.24, 2.45) is 5.73 Å². The predicted molar refractivity (Wildman–Crippen MR) is 79.0 cm³/mol. The van der Waals surface area contributed by atoms with Crippen molar-refractivity contribution < 1.29 is 0 Å². The quantitative estimate of drug-likeness (QED) is 0.793. The zero-order valence-corrected chi connectivity index (χ0v) is 12.2. The fourth-order valence-corrected chi connectivity index (χ4v) is 2.65. The lowest BCUT2D eigenvalue weighted by Crippen LogP contribution is -2.12. The number of hydrogen-bond acceptors (Lipinski definition) is 1. The molecule has 0 radical (unpaired) electrons. The monoisotopic (exact) mass is 319 g/mol. The van der Waals surface area contributed by atoms with Gasteiger partial charge in [0.05, 0.1) is 6.04 Å². The summed E-state index contributed by atoms with van der Waals surface area (Å²) in [6.45, 7) is 0. The molecule has 0 bridgehead atoms. The van der Waals surface area contributed by atoms with Crippen LogP contribution in [0.1, 0.15) is 17.2 Å². The van der Waals surface area contributed by atoms with Crippen molar-refractivity contribution in [2.75, 3.05) is 0 Å². The maximum absolute atomic E-state index is 6.16. The summed E-state index contributed by atoms with van der Waals surface area (Å²) in [4.78, 5) is 0. The van der Waals surface area contributed by atoms with Crippen molar-refractivity contribution in [3.63, 3.8) is 0 Å². The van der Waals surface area contributed by atoms with E-state index < -0.39 is 6.04 Å². The molecular weight excluding hydrogens is 312 g/mol. The van der Waals surface area contributed by atoms with Crippen LogP contribution in [0.15, 0.2) is 36.4 Å². The zero-order chi connectivity index (χ0) is 13.3. The number of rotatable bonds is 2. The minimum absolute atomic E-state index is 0.424. The number of benzene rings is 2. The van der Waals surface area contributed by atoms with Gasteiger partial charge in [0.1, 0.15) is 0 Å². The highest BCUT2D eigenvalue weighted by atomic mass is 35.5. The van der Waals surface area contributed by atoms with Crippen LogP contribution in [0.4, 0.5) is 0 Å². The molecule has 2 N–H and O–H groups in total. The van der Waals surface area contributed by atoms with Gasteiger partial charge in [-0.2, -0.15) is 0 Å². The van der Waals surface area contributed by atoms with Gasteiger partial charge in [0.2, 0.25) is 0 Å². The van der Waals surface area contributed by atoms with Gasteiger partial charge in [-0.1, -0.05) is 46.4 Å². The number of nitrogens with two attached hydrogens (primary N) is 1. The van der Waals surface area contributed by atoms with Crippen molar-refractivity contribution in [3.8, 4) is 0 Å². The third kappa shape index (κ3) is 3.11. The van der Waals surface area contributed by atoms with Gasteiger partial charge in [-0.15, -0.1) is 0 Å². The third-order valence-corrected chi connectivity index (χ3v) is 3.55. The van der Waals surface area contributed by atoms with E-state index in [9.17, 15) is 0 Å². The summed E-state index contributed by atoms with van der Waals surface area (Å²) in [6.07, 6.45) is 0. The molecule has 0 aliphatic rings. The molecule has 0 saturated heterocycles. The van der Waals surface area contributed by atoms with E-state index in [1.165, 1.54) is 0 Å². The number of halogens is 4. The van der Waals surface area contributed by atoms with Crippen LogP contribution < -0.4 is 5.73 Å². The molecule has 18 heavy (non-hydrogen) atoms. The van der Waals surface area contributed by atoms with Crippen molar-refractivity contribution in [3.05, 3.63) is 67.6 Å². The normalized spacial score (nSPS) is 12.5. The molecule has 2 rings (SSSR count). The smallest absolute Gasteiger partial charge is 0.0568 e. The van der Waals surface area contributed by atoms with E-state index in [2.05, 4.69) is 0 Å². The molecule has 1 nitrogen and oxygen atoms in total. The topological polar surface area (TPSA) is 26.0 Å². The molecule has 0 spiro atoms. The standard InChI is InChI=1S/C13H9Cl4N/c14-8-1-2-12(17)11(6-8)13(18)7-3-9(15)5-10(16)4-7/h1-6,13H,18H2. The summed E-state index contributed by atoms with van der Waals surface area (Å²) in [6, 6.07) is 9.91. The molecule has 1 atom stereocenters. The average molecular weight is 321 g/mol. The van der Waals surface area contributed by atoms with E-state index >= 15 is 0 Å². The van der Waals surface area contributed by atoms with Crippen LogP contribution in [-0.4, -0.2) is 0 Å². The van der Waals surface area contributed by atoms with Crippen LogP contribution in [-0.2, 0) is 0 Å². The molecule has 1 unspecified atom stereocenters. The van der Waals surface area contributed by atoms with Gasteiger partial charge in [0.25, 0.3) is 0 Å². The highest BCUT2D eigenvalue weighted by Crippen LogP contribution is 2.31. The minimum atomic E-state index is -0.424. The summed E-state index contributed by atoms with van der Waals surface area (Å²) < 4.78 is 0. The fraction of sp³-hybridized carbons (Fsp3) is 0.0769. The predicted octanol–water partition coefficient (Wildman–Crippen LogP) is 5.35. The Morgan fingerprint density at radius 3 is 2.00 bits per heavy atom. The van der Waals surface area contributed by atoms with E-state index in [-0.39, 0.29) is 0 Å². The van der Waals surface area contributed by atoms with E-state index in [0.29, 0.717) is 20.1 Å². The Kier molecular flexibility index (Phi) is 4.41. The second-order valence-corrected chi connectivity index (χ2v) is 5.56. The molecule has 0 aliphatic carbocycles. The first-order valence-electron chi connectivity index (χ1n) is 5.14. The first-order valence-corrected chi connectivity index (χ1v) is 6.65. The van der Waals surface area contributed by atoms with Gasteiger partial charge >= 0.3 is 0 Å². The summed E-state index contributed by atoms with van der Waals surface area (Å²) in [7, 11) is 0. The molecule has 0 heterocycles. The Bertz CT molecular complexity index is 563. The van der Waals surface area contributed by atoms with Crippen LogP contribution in [0.3, 0.4) is 0 Å². The molecule has 0 amide bonds. The number of hydrogen-bond donors (Lipinski definition) is 1. The van der Waals surface area contributed by atoms with Gasteiger partial charge in [-0.05, 0) is 47.5 Å². The fourth-order valence-electron chi connectivity index (χ4n) is 1.69. The summed E-state index contributed by atoms with van der Waals surface area (Å²) >= 11 is 24.0. The average Bonchev–Trinajstić information content (AvgIpc) is 2.30. The zero-order valence-electron chi connectivity index (χ0n) is 9.13. The largest absolute Gasteiger partial charge is 0.320 e. The van der Waals surface area contributed by atoms with E-state index in [0.717, 1.165) is 11.1 Å². The third-order valence-electron chi connectivity index (χ3n) is 2.54. The molecular formula is C13H9Cl4N. The lowest BCUT2D eigenvalue weighted by molar-refractivity contribution is 0.872. The maximum atomic E-state index is 6.16. The van der Waals surface area contributed by atoms with Crippen LogP contribution in [0, 0.1) is 0 Å². The summed E-state index contributed by atoms with van der Waals surface area (Å²) in [5.41, 5.74) is 7.69. The first kappa shape index (κ1) is 14.0. The molecule has 0 fully saturated rings. The molecule has 2 aromatic carbocycles. The SMILES string of the molecule is NC(c1cc(Cl)cc(Cl)c1)c1cc(Cl)ccc1Cl. The van der Waals surface area contributed by atoms with Crippen molar-refractivity contribution in [1.82, 2.24) is 0 Å². The molecule has 0 aromatic heterocycles. The first-order chi connectivity index (χ1) is 8.47. The summed E-state index contributed by atoms with van der Waals surface area (Å²) in [5, 5.41) is 2.21. The lowest BCUT2D eigenvalue weighted by Gasteiger charge is -2.15. The second-order valence-electron chi connectivity index (χ2n) is 3.85. The second kappa shape index (κ2) is 5.68. The Balaban J connectivity index is 2.47. The molecule has 5 heteroatoms. The highest BCUT2D eigenvalue weighted by Gasteiger charge is 2.14. The van der Waals surface area contributed by atoms with E-state index in [4.69, 9.17) is 52.1 Å². The lowest BCUT2D eigenvalue weighted by atomic mass is 10.00. The van der Waals surface area contributed by atoms with Gasteiger partial charge in [-0.25, -0.2) is 0 Å². The van der Waals surface area contributed by atoms with E-state index in [1.54, 1.807) is 36.4 Å². The van der Waals surface area contributed by atoms with Crippen molar-refractivity contribution in [2.45, 2.75) is 6.04 Å². The van der Waals surface area contributed by atoms with Crippen LogP contribution in [0.25, 0.3) is 0 Å². The van der Waals surface area contributed by atoms with Crippen LogP contribution >= 0.6 is 46.4 Å². The van der Waals surface area contributed by atoms with Crippen LogP contribution in [0.2, 0.25) is 20.1 Å².